The summed E-state index contributed by atoms with van der Waals surface area (Å²) in [6, 6.07) is 1.81. The highest BCUT2D eigenvalue weighted by atomic mass is 35.5. The van der Waals surface area contributed by atoms with E-state index in [1.54, 1.807) is 12.4 Å². The Morgan fingerprint density at radius 2 is 1.55 bits per heavy atom. The monoisotopic (exact) mass is 310 g/mol. The predicted molar refractivity (Wildman–Crippen MR) is 78.5 cm³/mol. The average Bonchev–Trinajstić information content (AvgIpc) is 2.51. The normalized spacial score (nSPS) is 15.5. The summed E-state index contributed by atoms with van der Waals surface area (Å²) in [6.07, 6.45) is 5.02. The zero-order valence-corrected chi connectivity index (χ0v) is 12.1. The first-order valence-electron chi connectivity index (χ1n) is 6.19. The molecule has 20 heavy (non-hydrogen) atoms. The SMILES string of the molecule is Clc1ncc(Cl)c(N2CCN(c3ncccn3)CC2)n1. The van der Waals surface area contributed by atoms with Crippen LogP contribution in [0.5, 0.6) is 0 Å². The fourth-order valence-corrected chi connectivity index (χ4v) is 2.47. The van der Waals surface area contributed by atoms with Crippen LogP contribution in [0.1, 0.15) is 0 Å². The molecule has 0 N–H and O–H groups in total. The summed E-state index contributed by atoms with van der Waals surface area (Å²) in [4.78, 5) is 20.8. The van der Waals surface area contributed by atoms with E-state index >= 15 is 0 Å². The van der Waals surface area contributed by atoms with Gasteiger partial charge in [-0.15, -0.1) is 0 Å². The van der Waals surface area contributed by atoms with E-state index in [9.17, 15) is 0 Å². The Morgan fingerprint density at radius 3 is 2.25 bits per heavy atom. The maximum absolute atomic E-state index is 6.12. The number of piperazine rings is 1. The van der Waals surface area contributed by atoms with Crippen LogP contribution in [-0.4, -0.2) is 46.1 Å². The number of hydrogen-bond donors (Lipinski definition) is 0. The molecule has 0 bridgehead atoms. The Morgan fingerprint density at radius 1 is 0.900 bits per heavy atom. The fourth-order valence-electron chi connectivity index (χ4n) is 2.13. The summed E-state index contributed by atoms with van der Waals surface area (Å²) in [5.41, 5.74) is 0. The van der Waals surface area contributed by atoms with E-state index in [0.717, 1.165) is 32.1 Å². The van der Waals surface area contributed by atoms with Gasteiger partial charge in [-0.1, -0.05) is 11.6 Å². The molecule has 1 saturated heterocycles. The third-order valence-corrected chi connectivity index (χ3v) is 3.56. The second-order valence-corrected chi connectivity index (χ2v) is 5.08. The van der Waals surface area contributed by atoms with Crippen molar-refractivity contribution in [2.45, 2.75) is 0 Å². The molecule has 0 aromatic carbocycles. The molecule has 0 saturated carbocycles. The summed E-state index contributed by atoms with van der Waals surface area (Å²) >= 11 is 11.9. The lowest BCUT2D eigenvalue weighted by atomic mass is 10.3. The van der Waals surface area contributed by atoms with E-state index in [0.29, 0.717) is 10.8 Å². The second-order valence-electron chi connectivity index (χ2n) is 4.33. The first kappa shape index (κ1) is 13.3. The Hall–Kier alpha value is -1.66. The Kier molecular flexibility index (Phi) is 3.84. The zero-order chi connectivity index (χ0) is 13.9. The topological polar surface area (TPSA) is 58.0 Å². The molecule has 1 fully saturated rings. The van der Waals surface area contributed by atoms with E-state index in [-0.39, 0.29) is 5.28 Å². The smallest absolute Gasteiger partial charge is 0.225 e. The Balaban J connectivity index is 1.71. The van der Waals surface area contributed by atoms with Crippen molar-refractivity contribution in [3.05, 3.63) is 35.0 Å². The molecule has 0 unspecified atom stereocenters. The van der Waals surface area contributed by atoms with Crippen molar-refractivity contribution >= 4 is 35.0 Å². The molecule has 2 aromatic rings. The molecule has 6 nitrogen and oxygen atoms in total. The van der Waals surface area contributed by atoms with Crippen LogP contribution >= 0.6 is 23.2 Å². The van der Waals surface area contributed by atoms with Crippen molar-refractivity contribution in [2.75, 3.05) is 36.0 Å². The number of anilines is 2. The lowest BCUT2D eigenvalue weighted by Gasteiger charge is -2.35. The molecule has 0 amide bonds. The van der Waals surface area contributed by atoms with Crippen molar-refractivity contribution < 1.29 is 0 Å². The molecular weight excluding hydrogens is 299 g/mol. The van der Waals surface area contributed by atoms with Crippen molar-refractivity contribution in [2.24, 2.45) is 0 Å². The predicted octanol–water partition coefficient (Wildman–Crippen LogP) is 1.90. The molecule has 8 heteroatoms. The van der Waals surface area contributed by atoms with Crippen LogP contribution < -0.4 is 9.80 Å². The molecule has 104 valence electrons. The largest absolute Gasteiger partial charge is 0.352 e. The molecule has 1 aliphatic rings. The number of rotatable bonds is 2. The minimum absolute atomic E-state index is 0.207. The number of aromatic nitrogens is 4. The molecule has 2 aromatic heterocycles. The Labute approximate surface area is 126 Å². The van der Waals surface area contributed by atoms with Gasteiger partial charge in [0, 0.05) is 38.6 Å². The second kappa shape index (κ2) is 5.76. The van der Waals surface area contributed by atoms with Gasteiger partial charge in [-0.3, -0.25) is 0 Å². The number of nitrogens with zero attached hydrogens (tertiary/aromatic N) is 6. The maximum Gasteiger partial charge on any atom is 0.225 e. The van der Waals surface area contributed by atoms with Crippen LogP contribution in [0.15, 0.2) is 24.7 Å². The van der Waals surface area contributed by atoms with Gasteiger partial charge in [-0.25, -0.2) is 15.0 Å². The third kappa shape index (κ3) is 2.76. The van der Waals surface area contributed by atoms with Crippen molar-refractivity contribution in [3.8, 4) is 0 Å². The average molecular weight is 311 g/mol. The quantitative estimate of drug-likeness (QED) is 0.790. The maximum atomic E-state index is 6.12. The Bertz CT molecular complexity index is 586. The standard InChI is InChI=1S/C12H12Cl2N6/c13-9-8-17-11(14)18-10(9)19-4-6-20(7-5-19)12-15-2-1-3-16-12/h1-3,8H,4-7H2. The van der Waals surface area contributed by atoms with Gasteiger partial charge in [0.1, 0.15) is 5.02 Å². The van der Waals surface area contributed by atoms with E-state index in [1.807, 2.05) is 6.07 Å². The van der Waals surface area contributed by atoms with Crippen LogP contribution in [0.2, 0.25) is 10.3 Å². The summed E-state index contributed by atoms with van der Waals surface area (Å²) in [7, 11) is 0. The van der Waals surface area contributed by atoms with Gasteiger partial charge in [0.2, 0.25) is 11.2 Å². The van der Waals surface area contributed by atoms with Gasteiger partial charge < -0.3 is 9.80 Å². The highest BCUT2D eigenvalue weighted by Gasteiger charge is 2.21. The van der Waals surface area contributed by atoms with Crippen LogP contribution in [0.4, 0.5) is 11.8 Å². The van der Waals surface area contributed by atoms with Crippen LogP contribution in [0.3, 0.4) is 0 Å². The molecule has 0 radical (unpaired) electrons. The van der Waals surface area contributed by atoms with E-state index < -0.39 is 0 Å². The molecule has 0 spiro atoms. The number of hydrogen-bond acceptors (Lipinski definition) is 6. The molecule has 3 rings (SSSR count). The minimum atomic E-state index is 0.207. The van der Waals surface area contributed by atoms with E-state index in [1.165, 1.54) is 6.20 Å². The minimum Gasteiger partial charge on any atom is -0.352 e. The van der Waals surface area contributed by atoms with Gasteiger partial charge in [0.15, 0.2) is 5.82 Å². The van der Waals surface area contributed by atoms with Crippen molar-refractivity contribution in [3.63, 3.8) is 0 Å². The molecule has 3 heterocycles. The molecule has 0 aliphatic carbocycles. The third-order valence-electron chi connectivity index (χ3n) is 3.11. The van der Waals surface area contributed by atoms with Crippen LogP contribution in [0.25, 0.3) is 0 Å². The van der Waals surface area contributed by atoms with Gasteiger partial charge >= 0.3 is 0 Å². The van der Waals surface area contributed by atoms with Gasteiger partial charge in [-0.05, 0) is 17.7 Å². The summed E-state index contributed by atoms with van der Waals surface area (Å²) in [5, 5.41) is 0.719. The first-order chi connectivity index (χ1) is 9.74. The highest BCUT2D eigenvalue weighted by Crippen LogP contribution is 2.25. The van der Waals surface area contributed by atoms with Gasteiger partial charge in [-0.2, -0.15) is 4.98 Å². The summed E-state index contributed by atoms with van der Waals surface area (Å²) in [6.45, 7) is 3.18. The molecule has 1 aliphatic heterocycles. The van der Waals surface area contributed by atoms with Crippen molar-refractivity contribution in [1.29, 1.82) is 0 Å². The lowest BCUT2D eigenvalue weighted by molar-refractivity contribution is 0.634. The van der Waals surface area contributed by atoms with Crippen LogP contribution in [-0.2, 0) is 0 Å². The fraction of sp³-hybridized carbons (Fsp3) is 0.333. The summed E-state index contributed by atoms with van der Waals surface area (Å²) in [5.74, 6) is 1.43. The first-order valence-corrected chi connectivity index (χ1v) is 6.94. The number of halogens is 2. The molecular formula is C12H12Cl2N6. The van der Waals surface area contributed by atoms with Crippen molar-refractivity contribution in [1.82, 2.24) is 19.9 Å². The molecule has 0 atom stereocenters. The van der Waals surface area contributed by atoms with E-state index in [4.69, 9.17) is 23.2 Å². The van der Waals surface area contributed by atoms with E-state index in [2.05, 4.69) is 29.7 Å². The summed E-state index contributed by atoms with van der Waals surface area (Å²) < 4.78 is 0. The zero-order valence-electron chi connectivity index (χ0n) is 10.6. The highest BCUT2D eigenvalue weighted by molar-refractivity contribution is 6.33. The van der Waals surface area contributed by atoms with Gasteiger partial charge in [0.25, 0.3) is 0 Å². The van der Waals surface area contributed by atoms with Gasteiger partial charge in [0.05, 0.1) is 6.20 Å². The van der Waals surface area contributed by atoms with Crippen LogP contribution in [0, 0.1) is 0 Å². The lowest BCUT2D eigenvalue weighted by Crippen LogP contribution is -2.47.